The summed E-state index contributed by atoms with van der Waals surface area (Å²) in [5, 5.41) is -0.0671. The quantitative estimate of drug-likeness (QED) is 0.796. The Labute approximate surface area is 129 Å². The SMILES string of the molecule is CC1CCCS1(=O)=O.CC1CCN(c2ccccc2)CC1. The van der Waals surface area contributed by atoms with Crippen LogP contribution in [0.5, 0.6) is 0 Å². The molecule has 2 fully saturated rings. The van der Waals surface area contributed by atoms with Crippen molar-refractivity contribution in [1.29, 1.82) is 0 Å². The number of hydrogen-bond donors (Lipinski definition) is 0. The molecule has 4 heteroatoms. The molecule has 1 atom stereocenters. The monoisotopic (exact) mass is 309 g/mol. The Morgan fingerprint density at radius 1 is 1.00 bits per heavy atom. The molecule has 2 saturated heterocycles. The highest BCUT2D eigenvalue weighted by Crippen LogP contribution is 2.22. The van der Waals surface area contributed by atoms with Gasteiger partial charge in [-0.1, -0.05) is 25.1 Å². The Kier molecular flexibility index (Phi) is 5.68. The van der Waals surface area contributed by atoms with E-state index in [1.54, 1.807) is 6.92 Å². The standard InChI is InChI=1S/C12H17N.C5H10O2S/c1-11-7-9-13(10-8-11)12-5-3-2-4-6-12;1-5-3-2-4-8(5,6)7/h2-6,11H,7-10H2,1H3;5H,2-4H2,1H3. The molecule has 2 heterocycles. The summed E-state index contributed by atoms with van der Waals surface area (Å²) in [6.45, 7) is 6.58. The summed E-state index contributed by atoms with van der Waals surface area (Å²) >= 11 is 0. The van der Waals surface area contributed by atoms with Gasteiger partial charge in [0.1, 0.15) is 0 Å². The molecule has 0 amide bonds. The van der Waals surface area contributed by atoms with Crippen molar-refractivity contribution in [3.05, 3.63) is 30.3 Å². The fourth-order valence-corrected chi connectivity index (χ4v) is 4.36. The summed E-state index contributed by atoms with van der Waals surface area (Å²) in [5.41, 5.74) is 1.38. The second kappa shape index (κ2) is 7.30. The molecule has 3 rings (SSSR count). The van der Waals surface area contributed by atoms with Gasteiger partial charge in [-0.15, -0.1) is 0 Å². The van der Waals surface area contributed by atoms with E-state index in [9.17, 15) is 8.42 Å². The highest BCUT2D eigenvalue weighted by Gasteiger charge is 2.26. The summed E-state index contributed by atoms with van der Waals surface area (Å²) in [6, 6.07) is 10.7. The highest BCUT2D eigenvalue weighted by atomic mass is 32.2. The average molecular weight is 309 g/mol. The van der Waals surface area contributed by atoms with Gasteiger partial charge >= 0.3 is 0 Å². The maximum absolute atomic E-state index is 10.8. The average Bonchev–Trinajstić information content (AvgIpc) is 2.79. The third kappa shape index (κ3) is 4.73. The lowest BCUT2D eigenvalue weighted by molar-refractivity contribution is 0.438. The van der Waals surface area contributed by atoms with Crippen LogP contribution in [0.3, 0.4) is 0 Å². The molecule has 0 N–H and O–H groups in total. The van der Waals surface area contributed by atoms with Crippen molar-refractivity contribution in [2.45, 2.75) is 44.8 Å². The van der Waals surface area contributed by atoms with E-state index in [0.29, 0.717) is 5.75 Å². The molecule has 1 unspecified atom stereocenters. The second-order valence-electron chi connectivity index (χ2n) is 6.32. The molecule has 0 radical (unpaired) electrons. The first-order chi connectivity index (χ1) is 9.99. The molecule has 0 saturated carbocycles. The number of piperidine rings is 1. The van der Waals surface area contributed by atoms with Crippen molar-refractivity contribution >= 4 is 15.5 Å². The predicted molar refractivity (Wildman–Crippen MR) is 89.5 cm³/mol. The van der Waals surface area contributed by atoms with Crippen LogP contribution in [0.1, 0.15) is 39.5 Å². The molecular formula is C17H27NO2S. The molecule has 1 aromatic carbocycles. The van der Waals surface area contributed by atoms with Crippen LogP contribution in [-0.2, 0) is 9.84 Å². The smallest absolute Gasteiger partial charge is 0.152 e. The van der Waals surface area contributed by atoms with Crippen molar-refractivity contribution < 1.29 is 8.42 Å². The molecular weight excluding hydrogens is 282 g/mol. The van der Waals surface area contributed by atoms with E-state index < -0.39 is 9.84 Å². The summed E-state index contributed by atoms with van der Waals surface area (Å²) in [7, 11) is -2.62. The number of anilines is 1. The second-order valence-corrected chi connectivity index (χ2v) is 8.86. The van der Waals surface area contributed by atoms with E-state index in [0.717, 1.165) is 18.8 Å². The van der Waals surface area contributed by atoms with Crippen LogP contribution in [-0.4, -0.2) is 32.5 Å². The van der Waals surface area contributed by atoms with Crippen LogP contribution in [0, 0.1) is 5.92 Å². The Balaban J connectivity index is 0.000000173. The zero-order valence-electron chi connectivity index (χ0n) is 13.2. The van der Waals surface area contributed by atoms with Gasteiger partial charge in [-0.3, -0.25) is 0 Å². The molecule has 1 aromatic rings. The molecule has 3 nitrogen and oxygen atoms in total. The van der Waals surface area contributed by atoms with Crippen LogP contribution < -0.4 is 4.90 Å². The van der Waals surface area contributed by atoms with E-state index in [-0.39, 0.29) is 5.25 Å². The molecule has 118 valence electrons. The zero-order chi connectivity index (χ0) is 15.3. The van der Waals surface area contributed by atoms with Gasteiger partial charge in [0.05, 0.1) is 11.0 Å². The largest absolute Gasteiger partial charge is 0.372 e. The first kappa shape index (κ1) is 16.3. The topological polar surface area (TPSA) is 37.4 Å². The third-order valence-electron chi connectivity index (χ3n) is 4.56. The van der Waals surface area contributed by atoms with E-state index in [1.165, 1.54) is 31.6 Å². The highest BCUT2D eigenvalue weighted by molar-refractivity contribution is 7.92. The normalized spacial score (nSPS) is 25.2. The number of para-hydroxylation sites is 1. The van der Waals surface area contributed by atoms with Crippen LogP contribution in [0.2, 0.25) is 0 Å². The molecule has 2 aliphatic heterocycles. The van der Waals surface area contributed by atoms with Gasteiger partial charge in [0, 0.05) is 18.8 Å². The Morgan fingerprint density at radius 2 is 1.62 bits per heavy atom. The van der Waals surface area contributed by atoms with E-state index in [2.05, 4.69) is 42.2 Å². The molecule has 21 heavy (non-hydrogen) atoms. The fourth-order valence-electron chi connectivity index (χ4n) is 2.86. The van der Waals surface area contributed by atoms with E-state index in [4.69, 9.17) is 0 Å². The van der Waals surface area contributed by atoms with Gasteiger partial charge in [0.2, 0.25) is 0 Å². The summed E-state index contributed by atoms with van der Waals surface area (Å²) in [4.78, 5) is 2.49. The maximum Gasteiger partial charge on any atom is 0.152 e. The van der Waals surface area contributed by atoms with Crippen molar-refractivity contribution in [3.8, 4) is 0 Å². The van der Waals surface area contributed by atoms with Crippen molar-refractivity contribution in [1.82, 2.24) is 0 Å². The summed E-state index contributed by atoms with van der Waals surface area (Å²) in [6.07, 6.45) is 4.41. The van der Waals surface area contributed by atoms with Gasteiger partial charge in [-0.25, -0.2) is 8.42 Å². The molecule has 0 spiro atoms. The van der Waals surface area contributed by atoms with Crippen molar-refractivity contribution in [2.75, 3.05) is 23.7 Å². The number of benzene rings is 1. The van der Waals surface area contributed by atoms with Crippen molar-refractivity contribution in [2.24, 2.45) is 5.92 Å². The predicted octanol–water partition coefficient (Wildman–Crippen LogP) is 3.51. The van der Waals surface area contributed by atoms with Gasteiger partial charge in [0.15, 0.2) is 9.84 Å². The lowest BCUT2D eigenvalue weighted by Crippen LogP contribution is -2.32. The van der Waals surface area contributed by atoms with Crippen molar-refractivity contribution in [3.63, 3.8) is 0 Å². The third-order valence-corrected chi connectivity index (χ3v) is 6.88. The minimum atomic E-state index is -2.62. The number of sulfone groups is 1. The Morgan fingerprint density at radius 3 is 2.05 bits per heavy atom. The van der Waals surface area contributed by atoms with Crippen LogP contribution in [0.15, 0.2) is 30.3 Å². The Bertz CT molecular complexity index is 519. The first-order valence-corrected chi connectivity index (χ1v) is 9.72. The summed E-state index contributed by atoms with van der Waals surface area (Å²) in [5.74, 6) is 1.33. The molecule has 0 aromatic heterocycles. The molecule has 0 bridgehead atoms. The lowest BCUT2D eigenvalue weighted by Gasteiger charge is -2.32. The van der Waals surface area contributed by atoms with Crippen LogP contribution >= 0.6 is 0 Å². The molecule has 2 aliphatic rings. The Hall–Kier alpha value is -1.03. The number of hydrogen-bond acceptors (Lipinski definition) is 3. The minimum absolute atomic E-state index is 0.0671. The molecule has 0 aliphatic carbocycles. The van der Waals surface area contributed by atoms with Gasteiger partial charge < -0.3 is 4.90 Å². The van der Waals surface area contributed by atoms with E-state index >= 15 is 0 Å². The maximum atomic E-state index is 10.8. The fraction of sp³-hybridized carbons (Fsp3) is 0.647. The minimum Gasteiger partial charge on any atom is -0.372 e. The van der Waals surface area contributed by atoms with Crippen LogP contribution in [0.25, 0.3) is 0 Å². The zero-order valence-corrected chi connectivity index (χ0v) is 14.0. The van der Waals surface area contributed by atoms with Gasteiger partial charge in [0.25, 0.3) is 0 Å². The number of nitrogens with zero attached hydrogens (tertiary/aromatic N) is 1. The summed E-state index contributed by atoms with van der Waals surface area (Å²) < 4.78 is 21.5. The van der Waals surface area contributed by atoms with Crippen LogP contribution in [0.4, 0.5) is 5.69 Å². The van der Waals surface area contributed by atoms with E-state index in [1.807, 2.05) is 0 Å². The van der Waals surface area contributed by atoms with Gasteiger partial charge in [-0.05, 0) is 50.7 Å². The lowest BCUT2D eigenvalue weighted by atomic mass is 9.99. The van der Waals surface area contributed by atoms with Gasteiger partial charge in [-0.2, -0.15) is 0 Å². The first-order valence-electron chi connectivity index (χ1n) is 8.00. The number of rotatable bonds is 1.